The number of aryl methyl sites for hydroxylation is 4. The van der Waals surface area contributed by atoms with E-state index in [0.717, 1.165) is 40.3 Å². The summed E-state index contributed by atoms with van der Waals surface area (Å²) in [5.41, 5.74) is 6.65. The van der Waals surface area contributed by atoms with E-state index in [1.54, 1.807) is 24.3 Å². The molecule has 0 bridgehead atoms. The van der Waals surface area contributed by atoms with E-state index in [4.69, 9.17) is 16.6 Å². The maximum Gasteiger partial charge on any atom is 0.258 e. The lowest BCUT2D eigenvalue weighted by atomic mass is 10.1. The molecule has 1 amide bonds. The zero-order chi connectivity index (χ0) is 22.5. The van der Waals surface area contributed by atoms with Crippen LogP contribution in [0.5, 0.6) is 0 Å². The monoisotopic (exact) mass is 437 g/mol. The van der Waals surface area contributed by atoms with Gasteiger partial charge in [0.25, 0.3) is 5.91 Å². The van der Waals surface area contributed by atoms with Crippen LogP contribution < -0.4 is 10.6 Å². The predicted octanol–water partition coefficient (Wildman–Crippen LogP) is 5.19. The predicted molar refractivity (Wildman–Crippen MR) is 127 cm³/mol. The van der Waals surface area contributed by atoms with Crippen molar-refractivity contribution in [3.05, 3.63) is 81.1 Å². The number of hydrogen-bond donors (Lipinski definition) is 2. The van der Waals surface area contributed by atoms with Crippen molar-refractivity contribution in [3.8, 4) is 0 Å². The molecular formula is C24H28ClN5O. The number of hydrogen-bond acceptors (Lipinski definition) is 3. The summed E-state index contributed by atoms with van der Waals surface area (Å²) in [6.07, 6.45) is 0. The Morgan fingerprint density at radius 2 is 1.81 bits per heavy atom. The molecule has 6 nitrogen and oxygen atoms in total. The number of benzene rings is 2. The van der Waals surface area contributed by atoms with E-state index in [1.807, 2.05) is 44.5 Å². The van der Waals surface area contributed by atoms with Gasteiger partial charge in [0.05, 0.1) is 12.2 Å². The number of amides is 1. The Morgan fingerprint density at radius 1 is 1.10 bits per heavy atom. The number of aromatic nitrogens is 2. The Morgan fingerprint density at radius 3 is 2.42 bits per heavy atom. The van der Waals surface area contributed by atoms with Crippen LogP contribution in [0.4, 0.5) is 5.69 Å². The van der Waals surface area contributed by atoms with Crippen molar-refractivity contribution >= 4 is 29.2 Å². The summed E-state index contributed by atoms with van der Waals surface area (Å²) in [6.45, 7) is 11.3. The molecule has 0 aliphatic rings. The van der Waals surface area contributed by atoms with E-state index in [2.05, 4.69) is 28.7 Å². The first-order chi connectivity index (χ1) is 14.8. The number of carbonyl (C=O) groups excluding carboxylic acids is 1. The summed E-state index contributed by atoms with van der Waals surface area (Å²) in [5.74, 6) is 0.0915. The van der Waals surface area contributed by atoms with Crippen molar-refractivity contribution in [2.75, 3.05) is 5.32 Å². The van der Waals surface area contributed by atoms with Gasteiger partial charge in [-0.25, -0.2) is 4.99 Å². The van der Waals surface area contributed by atoms with Crippen molar-refractivity contribution in [2.45, 2.75) is 47.7 Å². The second kappa shape index (κ2) is 9.79. The molecular weight excluding hydrogens is 410 g/mol. The van der Waals surface area contributed by atoms with Gasteiger partial charge < -0.3 is 5.32 Å². The fraction of sp³-hybridized carbons (Fsp3) is 0.292. The molecule has 162 valence electrons. The van der Waals surface area contributed by atoms with Crippen LogP contribution in [0.3, 0.4) is 0 Å². The van der Waals surface area contributed by atoms with Crippen molar-refractivity contribution in [1.82, 2.24) is 15.1 Å². The lowest BCUT2D eigenvalue weighted by Crippen LogP contribution is -2.36. The van der Waals surface area contributed by atoms with Gasteiger partial charge in [0.15, 0.2) is 0 Å². The minimum atomic E-state index is -0.282. The second-order valence-corrected chi connectivity index (χ2v) is 8.03. The topological polar surface area (TPSA) is 71.3 Å². The van der Waals surface area contributed by atoms with E-state index in [-0.39, 0.29) is 5.91 Å². The van der Waals surface area contributed by atoms with Crippen LogP contribution in [0.2, 0.25) is 5.02 Å². The highest BCUT2D eigenvalue weighted by atomic mass is 35.5. The van der Waals surface area contributed by atoms with Gasteiger partial charge in [-0.15, -0.1) is 0 Å². The van der Waals surface area contributed by atoms with Gasteiger partial charge >= 0.3 is 0 Å². The molecule has 0 aliphatic heterocycles. The van der Waals surface area contributed by atoms with Crippen LogP contribution in [-0.2, 0) is 13.1 Å². The molecule has 31 heavy (non-hydrogen) atoms. The quantitative estimate of drug-likeness (QED) is 0.426. The summed E-state index contributed by atoms with van der Waals surface area (Å²) in [6, 6.07) is 13.0. The normalized spacial score (nSPS) is 11.5. The molecule has 0 spiro atoms. The summed E-state index contributed by atoms with van der Waals surface area (Å²) in [4.78, 5) is 17.5. The number of nitrogens with one attached hydrogen (secondary N) is 2. The average Bonchev–Trinajstić information content (AvgIpc) is 2.98. The van der Waals surface area contributed by atoms with Crippen LogP contribution in [-0.4, -0.2) is 21.6 Å². The van der Waals surface area contributed by atoms with Crippen molar-refractivity contribution < 1.29 is 4.79 Å². The molecule has 3 rings (SSSR count). The van der Waals surface area contributed by atoms with E-state index in [0.29, 0.717) is 23.1 Å². The molecule has 0 aliphatic carbocycles. The minimum absolute atomic E-state index is 0.282. The minimum Gasteiger partial charge on any atom is -0.326 e. The Kier molecular flexibility index (Phi) is 7.13. The van der Waals surface area contributed by atoms with Gasteiger partial charge in [0.1, 0.15) is 0 Å². The van der Waals surface area contributed by atoms with Crippen molar-refractivity contribution in [3.63, 3.8) is 0 Å². The highest BCUT2D eigenvalue weighted by Gasteiger charge is 2.13. The van der Waals surface area contributed by atoms with Crippen LogP contribution in [0.1, 0.15) is 45.4 Å². The molecule has 1 heterocycles. The fourth-order valence-electron chi connectivity index (χ4n) is 3.53. The molecule has 0 unspecified atom stereocenters. The third-order valence-electron chi connectivity index (χ3n) is 5.03. The number of aliphatic imine (C=N–C) groups is 1. The molecule has 0 saturated heterocycles. The van der Waals surface area contributed by atoms with Crippen molar-refractivity contribution in [2.24, 2.45) is 4.99 Å². The Balaban J connectivity index is 1.90. The molecule has 0 fully saturated rings. The zero-order valence-corrected chi connectivity index (χ0v) is 19.3. The lowest BCUT2D eigenvalue weighted by molar-refractivity contribution is 0.0977. The van der Waals surface area contributed by atoms with Crippen LogP contribution in [0, 0.1) is 27.7 Å². The van der Waals surface area contributed by atoms with E-state index < -0.39 is 0 Å². The second-order valence-electron chi connectivity index (χ2n) is 7.60. The number of rotatable bonds is 5. The van der Waals surface area contributed by atoms with Gasteiger partial charge in [-0.1, -0.05) is 23.7 Å². The lowest BCUT2D eigenvalue weighted by Gasteiger charge is -2.13. The van der Waals surface area contributed by atoms with Gasteiger partial charge in [-0.05, 0) is 76.1 Å². The fourth-order valence-corrected chi connectivity index (χ4v) is 3.72. The van der Waals surface area contributed by atoms with Crippen LogP contribution in [0.15, 0.2) is 47.5 Å². The summed E-state index contributed by atoms with van der Waals surface area (Å²) in [5, 5.41) is 11.2. The number of nitrogens with zero attached hydrogens (tertiary/aromatic N) is 3. The van der Waals surface area contributed by atoms with Gasteiger partial charge in [-0.2, -0.15) is 5.10 Å². The highest BCUT2D eigenvalue weighted by Crippen LogP contribution is 2.16. The molecule has 2 N–H and O–H groups in total. The maximum atomic E-state index is 12.8. The van der Waals surface area contributed by atoms with E-state index >= 15 is 0 Å². The largest absolute Gasteiger partial charge is 0.326 e. The summed E-state index contributed by atoms with van der Waals surface area (Å²) in [7, 11) is 0. The highest BCUT2D eigenvalue weighted by molar-refractivity contribution is 6.31. The SMILES string of the molecule is CCn1nc(C)c(CN=C(NC(=O)c2cccc(Cl)c2)Nc2cc(C)cc(C)c2)c1C. The number of anilines is 1. The first-order valence-corrected chi connectivity index (χ1v) is 10.6. The van der Waals surface area contributed by atoms with Crippen molar-refractivity contribution in [1.29, 1.82) is 0 Å². The number of halogens is 1. The molecule has 0 radical (unpaired) electrons. The standard InChI is InChI=1S/C24H28ClN5O/c1-6-30-18(5)22(17(4)29-30)14-26-24(27-21-11-15(2)10-16(3)12-21)28-23(31)19-8-7-9-20(25)13-19/h7-13H,6,14H2,1-5H3,(H2,26,27,28,31). The third-order valence-corrected chi connectivity index (χ3v) is 5.26. The molecule has 3 aromatic rings. The molecule has 1 aromatic heterocycles. The van der Waals surface area contributed by atoms with E-state index in [9.17, 15) is 4.79 Å². The molecule has 2 aromatic carbocycles. The zero-order valence-electron chi connectivity index (χ0n) is 18.6. The van der Waals surface area contributed by atoms with E-state index in [1.165, 1.54) is 0 Å². The maximum absolute atomic E-state index is 12.8. The van der Waals surface area contributed by atoms with Crippen LogP contribution >= 0.6 is 11.6 Å². The summed E-state index contributed by atoms with van der Waals surface area (Å²) < 4.78 is 1.96. The third kappa shape index (κ3) is 5.73. The molecule has 0 saturated carbocycles. The van der Waals surface area contributed by atoms with Gasteiger partial charge in [0, 0.05) is 34.1 Å². The Bertz CT molecular complexity index is 1110. The first kappa shape index (κ1) is 22.6. The molecule has 7 heteroatoms. The molecule has 0 atom stereocenters. The van der Waals surface area contributed by atoms with Gasteiger partial charge in [0.2, 0.25) is 5.96 Å². The van der Waals surface area contributed by atoms with Gasteiger partial charge in [-0.3, -0.25) is 14.8 Å². The average molecular weight is 438 g/mol. The number of guanidine groups is 1. The Labute approximate surface area is 188 Å². The first-order valence-electron chi connectivity index (χ1n) is 10.3. The smallest absolute Gasteiger partial charge is 0.258 e. The Hall–Kier alpha value is -3.12. The number of carbonyl (C=O) groups is 1. The van der Waals surface area contributed by atoms with Crippen LogP contribution in [0.25, 0.3) is 0 Å². The summed E-state index contributed by atoms with van der Waals surface area (Å²) >= 11 is 6.05.